The minimum atomic E-state index is -1.13. The van der Waals surface area contributed by atoms with Crippen molar-refractivity contribution in [2.75, 3.05) is 6.54 Å². The van der Waals surface area contributed by atoms with Crippen molar-refractivity contribution >= 4 is 17.8 Å². The summed E-state index contributed by atoms with van der Waals surface area (Å²) in [6, 6.07) is 0.0657. The van der Waals surface area contributed by atoms with Crippen molar-refractivity contribution in [2.24, 2.45) is 5.92 Å². The van der Waals surface area contributed by atoms with Gasteiger partial charge in [0.2, 0.25) is 11.8 Å². The van der Waals surface area contributed by atoms with E-state index in [0.717, 1.165) is 82.8 Å². The molecule has 2 amide bonds. The highest BCUT2D eigenvalue weighted by Crippen LogP contribution is 2.23. The van der Waals surface area contributed by atoms with E-state index in [0.29, 0.717) is 18.9 Å². The van der Waals surface area contributed by atoms with Gasteiger partial charge in [-0.3, -0.25) is 9.59 Å². The zero-order valence-electron chi connectivity index (χ0n) is 23.6. The molecule has 39 heavy (non-hydrogen) atoms. The van der Waals surface area contributed by atoms with E-state index in [1.54, 1.807) is 0 Å². The third kappa shape index (κ3) is 21.2. The number of carbonyl (C=O) groups is 3. The summed E-state index contributed by atoms with van der Waals surface area (Å²) in [5.41, 5.74) is 0. The summed E-state index contributed by atoms with van der Waals surface area (Å²) in [7, 11) is 0. The number of carboxylic acid groups (broad SMARTS) is 1. The Bertz CT molecular complexity index is 901. The molecule has 6 nitrogen and oxygen atoms in total. The standard InChI is InChI=1S/C33H48N2O4/c1-2-3-4-5-6-7-8-9-10-11-12-13-14-15-16-17-18-19-20-21-31(36)34-28-29-22-24-30(25-23-29)35-32(37)26-27-33(38)39/h3-4,6-7,9-10,12-13,15-16,18-19,26-27,29-30H,2,5,8,11,14,17,20-25,28H2,1H3,(H,34,36)(H,35,37)(H,38,39). The molecule has 0 saturated heterocycles. The lowest BCUT2D eigenvalue weighted by Gasteiger charge is -2.28. The number of allylic oxidation sites excluding steroid dienone is 12. The van der Waals surface area contributed by atoms with Crippen LogP contribution in [-0.4, -0.2) is 35.5 Å². The van der Waals surface area contributed by atoms with E-state index in [1.165, 1.54) is 0 Å². The van der Waals surface area contributed by atoms with Crippen LogP contribution in [0.25, 0.3) is 0 Å². The Morgan fingerprint density at radius 2 is 1.18 bits per heavy atom. The van der Waals surface area contributed by atoms with Crippen molar-refractivity contribution in [3.05, 3.63) is 85.1 Å². The summed E-state index contributed by atoms with van der Waals surface area (Å²) in [5, 5.41) is 14.4. The van der Waals surface area contributed by atoms with Gasteiger partial charge in [0, 0.05) is 31.2 Å². The molecule has 1 saturated carbocycles. The number of aliphatic carboxylic acids is 1. The van der Waals surface area contributed by atoms with Crippen LogP contribution < -0.4 is 10.6 Å². The first kappa shape index (κ1) is 33.6. The van der Waals surface area contributed by atoms with Gasteiger partial charge in [-0.05, 0) is 76.5 Å². The monoisotopic (exact) mass is 536 g/mol. The van der Waals surface area contributed by atoms with Gasteiger partial charge in [0.05, 0.1) is 0 Å². The number of hydrogen-bond acceptors (Lipinski definition) is 3. The Morgan fingerprint density at radius 1 is 0.692 bits per heavy atom. The van der Waals surface area contributed by atoms with Crippen LogP contribution in [0.4, 0.5) is 0 Å². The number of nitrogens with one attached hydrogen (secondary N) is 2. The Balaban J connectivity index is 2.01. The third-order valence-electron chi connectivity index (χ3n) is 6.29. The molecule has 1 aliphatic rings. The molecule has 214 valence electrons. The fourth-order valence-corrected chi connectivity index (χ4v) is 4.11. The van der Waals surface area contributed by atoms with Crippen LogP contribution in [0.3, 0.4) is 0 Å². The van der Waals surface area contributed by atoms with E-state index in [1.807, 2.05) is 0 Å². The van der Waals surface area contributed by atoms with Crippen LogP contribution in [0.2, 0.25) is 0 Å². The second-order valence-corrected chi connectivity index (χ2v) is 9.66. The van der Waals surface area contributed by atoms with E-state index in [2.05, 4.69) is 90.5 Å². The fraction of sp³-hybridized carbons (Fsp3) is 0.485. The summed E-state index contributed by atoms with van der Waals surface area (Å²) < 4.78 is 0. The largest absolute Gasteiger partial charge is 0.478 e. The van der Waals surface area contributed by atoms with Crippen molar-refractivity contribution in [1.29, 1.82) is 0 Å². The molecule has 0 radical (unpaired) electrons. The highest BCUT2D eigenvalue weighted by atomic mass is 16.4. The average Bonchev–Trinajstić information content (AvgIpc) is 2.92. The third-order valence-corrected chi connectivity index (χ3v) is 6.29. The lowest BCUT2D eigenvalue weighted by atomic mass is 9.86. The molecule has 1 fully saturated rings. The molecule has 1 rings (SSSR count). The molecule has 0 aromatic rings. The van der Waals surface area contributed by atoms with Crippen molar-refractivity contribution in [3.8, 4) is 0 Å². The number of amides is 2. The molecule has 0 atom stereocenters. The lowest BCUT2D eigenvalue weighted by Crippen LogP contribution is -2.39. The summed E-state index contributed by atoms with van der Waals surface area (Å²) in [6.07, 6.45) is 38.6. The Kier molecular flexibility index (Phi) is 20.4. The fourth-order valence-electron chi connectivity index (χ4n) is 4.11. The summed E-state index contributed by atoms with van der Waals surface area (Å²) in [5.74, 6) is -1.01. The van der Waals surface area contributed by atoms with E-state index in [4.69, 9.17) is 5.11 Å². The molecule has 0 aliphatic heterocycles. The predicted molar refractivity (Wildman–Crippen MR) is 161 cm³/mol. The zero-order chi connectivity index (χ0) is 28.4. The lowest BCUT2D eigenvalue weighted by molar-refractivity contribution is -0.131. The molecule has 1 aliphatic carbocycles. The summed E-state index contributed by atoms with van der Waals surface area (Å²) >= 11 is 0. The van der Waals surface area contributed by atoms with E-state index in [-0.39, 0.29) is 17.9 Å². The van der Waals surface area contributed by atoms with Gasteiger partial charge in [-0.25, -0.2) is 4.79 Å². The zero-order valence-corrected chi connectivity index (χ0v) is 23.6. The van der Waals surface area contributed by atoms with Gasteiger partial charge in [0.1, 0.15) is 0 Å². The average molecular weight is 537 g/mol. The Labute approximate surface area is 235 Å². The van der Waals surface area contributed by atoms with Gasteiger partial charge in [0.15, 0.2) is 0 Å². The second-order valence-electron chi connectivity index (χ2n) is 9.66. The maximum atomic E-state index is 12.1. The van der Waals surface area contributed by atoms with Gasteiger partial charge in [-0.15, -0.1) is 0 Å². The van der Waals surface area contributed by atoms with Crippen LogP contribution in [0.5, 0.6) is 0 Å². The minimum Gasteiger partial charge on any atom is -0.478 e. The summed E-state index contributed by atoms with van der Waals surface area (Å²) in [4.78, 5) is 34.3. The van der Waals surface area contributed by atoms with Gasteiger partial charge in [0.25, 0.3) is 0 Å². The molecule has 3 N–H and O–H groups in total. The van der Waals surface area contributed by atoms with Crippen molar-refractivity contribution < 1.29 is 19.5 Å². The first-order valence-corrected chi connectivity index (χ1v) is 14.4. The SMILES string of the molecule is CCC=CCC=CCC=CCC=CCC=CCC=CCCC(=O)NCC1CCC(NC(=O)C=CC(=O)O)CC1. The highest BCUT2D eigenvalue weighted by molar-refractivity contribution is 5.94. The summed E-state index contributed by atoms with van der Waals surface area (Å²) in [6.45, 7) is 2.82. The quantitative estimate of drug-likeness (QED) is 0.124. The first-order valence-electron chi connectivity index (χ1n) is 14.4. The molecule has 0 spiro atoms. The molecule has 0 heterocycles. The van der Waals surface area contributed by atoms with Crippen LogP contribution in [0, 0.1) is 5.92 Å². The smallest absolute Gasteiger partial charge is 0.328 e. The van der Waals surface area contributed by atoms with Crippen LogP contribution in [0.15, 0.2) is 85.1 Å². The number of carbonyl (C=O) groups excluding carboxylic acids is 2. The van der Waals surface area contributed by atoms with Crippen molar-refractivity contribution in [1.82, 2.24) is 10.6 Å². The number of carboxylic acids is 1. The van der Waals surface area contributed by atoms with E-state index >= 15 is 0 Å². The van der Waals surface area contributed by atoms with Gasteiger partial charge >= 0.3 is 5.97 Å². The van der Waals surface area contributed by atoms with Gasteiger partial charge in [-0.2, -0.15) is 0 Å². The van der Waals surface area contributed by atoms with E-state index < -0.39 is 5.97 Å². The molecular weight excluding hydrogens is 488 g/mol. The Morgan fingerprint density at radius 3 is 1.67 bits per heavy atom. The van der Waals surface area contributed by atoms with Crippen LogP contribution in [-0.2, 0) is 14.4 Å². The molecule has 0 aromatic heterocycles. The van der Waals surface area contributed by atoms with Crippen LogP contribution >= 0.6 is 0 Å². The molecule has 0 unspecified atom stereocenters. The molecule has 0 aromatic carbocycles. The number of hydrogen-bond donors (Lipinski definition) is 3. The maximum Gasteiger partial charge on any atom is 0.328 e. The molecular formula is C33H48N2O4. The van der Waals surface area contributed by atoms with Crippen LogP contribution in [0.1, 0.15) is 84.0 Å². The minimum absolute atomic E-state index is 0.0657. The highest BCUT2D eigenvalue weighted by Gasteiger charge is 2.22. The van der Waals surface area contributed by atoms with Crippen molar-refractivity contribution in [3.63, 3.8) is 0 Å². The van der Waals surface area contributed by atoms with Gasteiger partial charge < -0.3 is 15.7 Å². The molecule has 0 bridgehead atoms. The topological polar surface area (TPSA) is 95.5 Å². The maximum absolute atomic E-state index is 12.1. The van der Waals surface area contributed by atoms with E-state index in [9.17, 15) is 14.4 Å². The molecule has 6 heteroatoms. The normalized spacial score (nSPS) is 18.6. The first-order chi connectivity index (χ1) is 19.0. The number of rotatable bonds is 19. The second kappa shape index (κ2) is 23.7. The predicted octanol–water partition coefficient (Wildman–Crippen LogP) is 6.90. The Hall–Kier alpha value is -3.41. The van der Waals surface area contributed by atoms with Crippen molar-refractivity contribution in [2.45, 2.75) is 90.0 Å². The van der Waals surface area contributed by atoms with Gasteiger partial charge in [-0.1, -0.05) is 79.8 Å².